The predicted octanol–water partition coefficient (Wildman–Crippen LogP) is 4.31. The lowest BCUT2D eigenvalue weighted by Gasteiger charge is -2.04. The van der Waals surface area contributed by atoms with E-state index in [1.165, 1.54) is 0 Å². The molecule has 0 aliphatic carbocycles. The predicted molar refractivity (Wildman–Crippen MR) is 109 cm³/mol. The third-order valence-corrected chi connectivity index (χ3v) is 5.10. The van der Waals surface area contributed by atoms with Gasteiger partial charge in [-0.2, -0.15) is 9.36 Å². The van der Waals surface area contributed by atoms with Crippen LogP contribution in [0.4, 0.5) is 5.13 Å². The number of aryl methyl sites for hydroxylation is 1. The van der Waals surface area contributed by atoms with Crippen LogP contribution in [0.5, 0.6) is 0 Å². The highest BCUT2D eigenvalue weighted by Crippen LogP contribution is 2.24. The van der Waals surface area contributed by atoms with E-state index in [0.29, 0.717) is 27.2 Å². The molecule has 28 heavy (non-hydrogen) atoms. The number of nitrogens with one attached hydrogen (secondary N) is 1. The summed E-state index contributed by atoms with van der Waals surface area (Å²) in [6.45, 7) is 3.77. The zero-order valence-corrected chi connectivity index (χ0v) is 16.6. The number of hydrogen-bond acceptors (Lipinski definition) is 6. The summed E-state index contributed by atoms with van der Waals surface area (Å²) in [6, 6.07) is 14.7. The number of hydrogen-bond donors (Lipinski definition) is 1. The molecule has 1 N–H and O–H groups in total. The molecule has 4 aromatic rings. The number of carbonyl (C=O) groups excluding carboxylic acids is 1. The fourth-order valence-corrected chi connectivity index (χ4v) is 3.42. The molecule has 0 radical (unpaired) electrons. The summed E-state index contributed by atoms with van der Waals surface area (Å²) >= 11 is 7.04. The summed E-state index contributed by atoms with van der Waals surface area (Å²) in [4.78, 5) is 16.8. The van der Waals surface area contributed by atoms with Crippen molar-refractivity contribution in [2.24, 2.45) is 0 Å². The number of halogens is 1. The Bertz CT molecular complexity index is 1150. The maximum absolute atomic E-state index is 12.4. The molecule has 2 aromatic heterocycles. The summed E-state index contributed by atoms with van der Waals surface area (Å²) in [5.41, 5.74) is 3.68. The first-order chi connectivity index (χ1) is 13.5. The third kappa shape index (κ3) is 3.51. The average molecular weight is 411 g/mol. The van der Waals surface area contributed by atoms with Crippen LogP contribution in [0.1, 0.15) is 21.6 Å². The Kier molecular flexibility index (Phi) is 4.89. The Morgan fingerprint density at radius 3 is 2.61 bits per heavy atom. The van der Waals surface area contributed by atoms with E-state index in [9.17, 15) is 4.79 Å². The zero-order valence-electron chi connectivity index (χ0n) is 15.0. The Balaban J connectivity index is 1.57. The van der Waals surface area contributed by atoms with Crippen LogP contribution in [-0.2, 0) is 0 Å². The van der Waals surface area contributed by atoms with E-state index in [-0.39, 0.29) is 5.91 Å². The van der Waals surface area contributed by atoms with E-state index in [1.807, 2.05) is 44.2 Å². The smallest absolute Gasteiger partial charge is 0.257 e. The first kappa shape index (κ1) is 18.3. The minimum atomic E-state index is -0.220. The van der Waals surface area contributed by atoms with Crippen molar-refractivity contribution in [3.63, 3.8) is 0 Å². The largest absolute Gasteiger partial charge is 0.297 e. The van der Waals surface area contributed by atoms with Crippen molar-refractivity contribution in [2.75, 3.05) is 5.32 Å². The molecular weight excluding hydrogens is 396 g/mol. The molecule has 0 saturated carbocycles. The van der Waals surface area contributed by atoms with Crippen LogP contribution in [0.25, 0.3) is 17.2 Å². The number of aromatic nitrogens is 5. The van der Waals surface area contributed by atoms with Crippen molar-refractivity contribution < 1.29 is 4.79 Å². The molecule has 0 spiro atoms. The van der Waals surface area contributed by atoms with Gasteiger partial charge in [0.2, 0.25) is 5.13 Å². The molecule has 0 fully saturated rings. The van der Waals surface area contributed by atoms with E-state index in [1.54, 1.807) is 22.9 Å². The zero-order chi connectivity index (χ0) is 19.7. The Hall–Kier alpha value is -3.10. The number of anilines is 1. The van der Waals surface area contributed by atoms with Gasteiger partial charge in [-0.3, -0.25) is 10.1 Å². The first-order valence-electron chi connectivity index (χ1n) is 8.42. The molecule has 0 bridgehead atoms. The van der Waals surface area contributed by atoms with Crippen molar-refractivity contribution in [1.82, 2.24) is 24.4 Å². The number of benzene rings is 2. The summed E-state index contributed by atoms with van der Waals surface area (Å²) in [5, 5.41) is 12.2. The maximum atomic E-state index is 12.4. The van der Waals surface area contributed by atoms with E-state index >= 15 is 0 Å². The van der Waals surface area contributed by atoms with Gasteiger partial charge >= 0.3 is 0 Å². The summed E-state index contributed by atoms with van der Waals surface area (Å²) < 4.78 is 6.01. The van der Waals surface area contributed by atoms with Crippen LogP contribution >= 0.6 is 23.1 Å². The molecular formula is C19H15ClN6OS. The minimum Gasteiger partial charge on any atom is -0.297 e. The normalized spacial score (nSPS) is 10.8. The van der Waals surface area contributed by atoms with Crippen molar-refractivity contribution in [3.8, 4) is 17.2 Å². The average Bonchev–Trinajstić information content (AvgIpc) is 3.29. The second-order valence-electron chi connectivity index (χ2n) is 6.10. The van der Waals surface area contributed by atoms with Gasteiger partial charge in [-0.1, -0.05) is 35.0 Å². The second-order valence-corrected chi connectivity index (χ2v) is 7.29. The standard InChI is InChI=1S/C19H15ClN6OS/c1-11-5-3-4-6-15(11)18(27)22-19-21-17(24-28-19)16-12(2)26(25-23-16)14-9-7-13(20)8-10-14/h3-10H,1-2H3,(H,21,22,24,27). The van der Waals surface area contributed by atoms with E-state index < -0.39 is 0 Å². The Morgan fingerprint density at radius 2 is 1.86 bits per heavy atom. The fourth-order valence-electron chi connectivity index (χ4n) is 2.73. The summed E-state index contributed by atoms with van der Waals surface area (Å²) in [6.07, 6.45) is 0. The second kappa shape index (κ2) is 7.49. The van der Waals surface area contributed by atoms with Crippen molar-refractivity contribution in [1.29, 1.82) is 0 Å². The number of rotatable bonds is 4. The fraction of sp³-hybridized carbons (Fsp3) is 0.105. The molecule has 7 nitrogen and oxygen atoms in total. The number of amides is 1. The number of carbonyl (C=O) groups is 1. The quantitative estimate of drug-likeness (QED) is 0.541. The maximum Gasteiger partial charge on any atom is 0.257 e. The lowest BCUT2D eigenvalue weighted by molar-refractivity contribution is 0.102. The van der Waals surface area contributed by atoms with E-state index in [0.717, 1.165) is 28.5 Å². The molecule has 2 aromatic carbocycles. The molecule has 0 aliphatic heterocycles. The molecule has 0 aliphatic rings. The molecule has 0 atom stereocenters. The topological polar surface area (TPSA) is 85.6 Å². The summed E-state index contributed by atoms with van der Waals surface area (Å²) in [5.74, 6) is 0.199. The van der Waals surface area contributed by atoms with Gasteiger partial charge < -0.3 is 0 Å². The van der Waals surface area contributed by atoms with Gasteiger partial charge in [0.25, 0.3) is 5.91 Å². The molecule has 140 valence electrons. The van der Waals surface area contributed by atoms with Crippen LogP contribution in [0.2, 0.25) is 5.02 Å². The van der Waals surface area contributed by atoms with Gasteiger partial charge in [-0.15, -0.1) is 5.10 Å². The minimum absolute atomic E-state index is 0.220. The molecule has 0 saturated heterocycles. The Morgan fingerprint density at radius 1 is 1.11 bits per heavy atom. The molecule has 2 heterocycles. The summed E-state index contributed by atoms with van der Waals surface area (Å²) in [7, 11) is 0. The van der Waals surface area contributed by atoms with Crippen LogP contribution in [0.3, 0.4) is 0 Å². The lowest BCUT2D eigenvalue weighted by Crippen LogP contribution is -2.13. The highest BCUT2D eigenvalue weighted by molar-refractivity contribution is 7.10. The monoisotopic (exact) mass is 410 g/mol. The highest BCUT2D eigenvalue weighted by atomic mass is 35.5. The van der Waals surface area contributed by atoms with E-state index in [2.05, 4.69) is 25.0 Å². The lowest BCUT2D eigenvalue weighted by atomic mass is 10.1. The van der Waals surface area contributed by atoms with Gasteiger partial charge in [0, 0.05) is 22.1 Å². The van der Waals surface area contributed by atoms with Gasteiger partial charge in [-0.25, -0.2) is 4.68 Å². The van der Waals surface area contributed by atoms with Gasteiger partial charge in [0.15, 0.2) is 11.5 Å². The third-order valence-electron chi connectivity index (χ3n) is 4.21. The molecule has 1 amide bonds. The van der Waals surface area contributed by atoms with Crippen LogP contribution < -0.4 is 5.32 Å². The van der Waals surface area contributed by atoms with Crippen molar-refractivity contribution >= 4 is 34.2 Å². The molecule has 9 heteroatoms. The SMILES string of the molecule is Cc1ccccc1C(=O)Nc1nc(-c2nnn(-c3ccc(Cl)cc3)c2C)ns1. The van der Waals surface area contributed by atoms with Crippen LogP contribution in [0, 0.1) is 13.8 Å². The highest BCUT2D eigenvalue weighted by Gasteiger charge is 2.18. The van der Waals surface area contributed by atoms with Gasteiger partial charge in [0.05, 0.1) is 11.4 Å². The number of nitrogens with zero attached hydrogens (tertiary/aromatic N) is 5. The van der Waals surface area contributed by atoms with Crippen molar-refractivity contribution in [3.05, 3.63) is 70.4 Å². The van der Waals surface area contributed by atoms with E-state index in [4.69, 9.17) is 11.6 Å². The molecule has 4 rings (SSSR count). The molecule has 0 unspecified atom stereocenters. The Labute approximate surface area is 170 Å². The van der Waals surface area contributed by atoms with Gasteiger partial charge in [0.1, 0.15) is 0 Å². The first-order valence-corrected chi connectivity index (χ1v) is 9.57. The van der Waals surface area contributed by atoms with Gasteiger partial charge in [-0.05, 0) is 49.7 Å². The van der Waals surface area contributed by atoms with Crippen LogP contribution in [0.15, 0.2) is 48.5 Å². The van der Waals surface area contributed by atoms with Crippen molar-refractivity contribution in [2.45, 2.75) is 13.8 Å². The van der Waals surface area contributed by atoms with Crippen LogP contribution in [-0.4, -0.2) is 30.3 Å².